The maximum absolute atomic E-state index is 12.5. The highest BCUT2D eigenvalue weighted by Crippen LogP contribution is 2.56. The van der Waals surface area contributed by atoms with Gasteiger partial charge in [-0.15, -0.1) is 0 Å². The zero-order valence-electron chi connectivity index (χ0n) is 15.5. The van der Waals surface area contributed by atoms with Crippen molar-refractivity contribution in [2.45, 2.75) is 69.4 Å². The van der Waals surface area contributed by atoms with Crippen molar-refractivity contribution in [3.05, 3.63) is 34.9 Å². The van der Waals surface area contributed by atoms with Crippen LogP contribution in [0.15, 0.2) is 18.2 Å². The predicted octanol–water partition coefficient (Wildman–Crippen LogP) is 2.82. The van der Waals surface area contributed by atoms with Gasteiger partial charge in [-0.1, -0.05) is 6.07 Å². The number of fused-ring (bicyclic) bond motifs is 1. The first-order valence-corrected chi connectivity index (χ1v) is 10.2. The van der Waals surface area contributed by atoms with Crippen LogP contribution in [0.4, 0.5) is 0 Å². The van der Waals surface area contributed by atoms with Crippen LogP contribution in [0, 0.1) is 11.8 Å². The molecule has 2 bridgehead atoms. The SMILES string of the molecule is C[C@H](C1CC1)N1CC[C@]23CC(=O)CC[C@H]2[C@H]1Cc1ccc(C(N)=O)cc13. The standard InChI is InChI=1S/C22H28N2O2/c1-13(14-2-3-14)24-9-8-22-12-17(25)6-7-18(22)20(24)11-15-4-5-16(21(23)26)10-19(15)22/h4-5,10,13-14,18,20H,2-3,6-9,11-12H2,1H3,(H2,23,26)/t13-,18+,20-,22+/m1/s1. The summed E-state index contributed by atoms with van der Waals surface area (Å²) in [5, 5.41) is 0. The van der Waals surface area contributed by atoms with Gasteiger partial charge in [0.05, 0.1) is 0 Å². The van der Waals surface area contributed by atoms with Gasteiger partial charge in [-0.2, -0.15) is 0 Å². The largest absolute Gasteiger partial charge is 0.366 e. The van der Waals surface area contributed by atoms with Gasteiger partial charge in [0.15, 0.2) is 0 Å². The lowest BCUT2D eigenvalue weighted by atomic mass is 9.52. The second kappa shape index (κ2) is 5.66. The Morgan fingerprint density at radius 1 is 1.31 bits per heavy atom. The second-order valence-electron chi connectivity index (χ2n) is 9.09. The monoisotopic (exact) mass is 352 g/mol. The van der Waals surface area contributed by atoms with Gasteiger partial charge in [-0.05, 0) is 80.7 Å². The fraction of sp³-hybridized carbons (Fsp3) is 0.636. The lowest BCUT2D eigenvalue weighted by Gasteiger charge is -2.60. The van der Waals surface area contributed by atoms with Crippen LogP contribution in [0.25, 0.3) is 0 Å². The van der Waals surface area contributed by atoms with Crippen molar-refractivity contribution in [1.82, 2.24) is 4.90 Å². The molecule has 1 saturated heterocycles. The van der Waals surface area contributed by atoms with Gasteiger partial charge in [-0.25, -0.2) is 0 Å². The van der Waals surface area contributed by atoms with Gasteiger partial charge in [-0.3, -0.25) is 14.5 Å². The summed E-state index contributed by atoms with van der Waals surface area (Å²) >= 11 is 0. The molecule has 0 radical (unpaired) electrons. The minimum Gasteiger partial charge on any atom is -0.366 e. The van der Waals surface area contributed by atoms with Crippen LogP contribution in [-0.2, 0) is 16.6 Å². The topological polar surface area (TPSA) is 63.4 Å². The Balaban J connectivity index is 1.61. The van der Waals surface area contributed by atoms with Crippen LogP contribution < -0.4 is 5.73 Å². The summed E-state index contributed by atoms with van der Waals surface area (Å²) in [7, 11) is 0. The Morgan fingerprint density at radius 2 is 2.12 bits per heavy atom. The number of ketones is 1. The number of primary amides is 1. The van der Waals surface area contributed by atoms with Crippen molar-refractivity contribution >= 4 is 11.7 Å². The number of hydrogen-bond acceptors (Lipinski definition) is 3. The van der Waals surface area contributed by atoms with Crippen LogP contribution >= 0.6 is 0 Å². The van der Waals surface area contributed by atoms with E-state index in [9.17, 15) is 9.59 Å². The molecule has 5 rings (SSSR count). The second-order valence-corrected chi connectivity index (χ2v) is 9.09. The molecule has 1 aliphatic heterocycles. The number of rotatable bonds is 3. The third-order valence-electron chi connectivity index (χ3n) is 7.85. The molecule has 0 spiro atoms. The molecule has 4 aliphatic rings. The van der Waals surface area contributed by atoms with E-state index in [1.165, 1.54) is 24.0 Å². The molecule has 0 unspecified atom stereocenters. The summed E-state index contributed by atoms with van der Waals surface area (Å²) in [5.74, 6) is 1.42. The molecular formula is C22H28N2O2. The van der Waals surface area contributed by atoms with E-state index in [0.717, 1.165) is 38.1 Å². The summed E-state index contributed by atoms with van der Waals surface area (Å²) in [5.41, 5.74) is 8.65. The third-order valence-corrected chi connectivity index (χ3v) is 7.85. The molecule has 4 nitrogen and oxygen atoms in total. The number of amides is 1. The highest BCUT2D eigenvalue weighted by atomic mass is 16.1. The van der Waals surface area contributed by atoms with Gasteiger partial charge in [0, 0.05) is 35.9 Å². The molecule has 1 amide bonds. The molecule has 4 atom stereocenters. The normalized spacial score (nSPS) is 34.7. The summed E-state index contributed by atoms with van der Waals surface area (Å²) in [4.78, 5) is 27.0. The maximum Gasteiger partial charge on any atom is 0.248 e. The van der Waals surface area contributed by atoms with Crippen molar-refractivity contribution in [3.8, 4) is 0 Å². The van der Waals surface area contributed by atoms with Crippen molar-refractivity contribution in [1.29, 1.82) is 0 Å². The average Bonchev–Trinajstić information content (AvgIpc) is 3.45. The van der Waals surface area contributed by atoms with Gasteiger partial charge in [0.25, 0.3) is 0 Å². The highest BCUT2D eigenvalue weighted by molar-refractivity contribution is 5.93. The van der Waals surface area contributed by atoms with E-state index >= 15 is 0 Å². The van der Waals surface area contributed by atoms with Crippen molar-refractivity contribution in [3.63, 3.8) is 0 Å². The van der Waals surface area contributed by atoms with E-state index in [-0.39, 0.29) is 11.3 Å². The van der Waals surface area contributed by atoms with E-state index in [2.05, 4.69) is 17.9 Å². The number of nitrogens with zero attached hydrogens (tertiary/aromatic N) is 1. The summed E-state index contributed by atoms with van der Waals surface area (Å²) in [6, 6.07) is 7.18. The number of piperidine rings is 1. The minimum atomic E-state index is -0.371. The molecule has 2 N–H and O–H groups in total. The van der Waals surface area contributed by atoms with Gasteiger partial charge in [0.2, 0.25) is 5.91 Å². The highest BCUT2D eigenvalue weighted by Gasteiger charge is 2.56. The quantitative estimate of drug-likeness (QED) is 0.910. The molecule has 3 aliphatic carbocycles. The summed E-state index contributed by atoms with van der Waals surface area (Å²) < 4.78 is 0. The van der Waals surface area contributed by atoms with E-state index in [4.69, 9.17) is 5.73 Å². The molecule has 2 saturated carbocycles. The van der Waals surface area contributed by atoms with Crippen LogP contribution in [0.5, 0.6) is 0 Å². The Hall–Kier alpha value is -1.68. The fourth-order valence-corrected chi connectivity index (χ4v) is 6.36. The van der Waals surface area contributed by atoms with E-state index in [0.29, 0.717) is 35.8 Å². The first-order valence-electron chi connectivity index (χ1n) is 10.2. The molecule has 26 heavy (non-hydrogen) atoms. The lowest BCUT2D eigenvalue weighted by molar-refractivity contribution is -0.128. The van der Waals surface area contributed by atoms with Crippen molar-refractivity contribution in [2.75, 3.05) is 6.54 Å². The molecular weight excluding hydrogens is 324 g/mol. The molecule has 1 aromatic rings. The fourth-order valence-electron chi connectivity index (χ4n) is 6.36. The predicted molar refractivity (Wildman–Crippen MR) is 100.0 cm³/mol. The number of nitrogens with two attached hydrogens (primary N) is 1. The summed E-state index contributed by atoms with van der Waals surface area (Å²) in [6.07, 6.45) is 7.19. The molecule has 138 valence electrons. The molecule has 4 heteroatoms. The molecule has 0 aromatic heterocycles. The maximum atomic E-state index is 12.5. The van der Waals surface area contributed by atoms with Crippen LogP contribution in [0.2, 0.25) is 0 Å². The van der Waals surface area contributed by atoms with Gasteiger partial charge < -0.3 is 5.73 Å². The molecule has 1 aromatic carbocycles. The van der Waals surface area contributed by atoms with Crippen LogP contribution in [0.1, 0.15) is 66.9 Å². The number of carbonyl (C=O) groups is 2. The average molecular weight is 352 g/mol. The summed E-state index contributed by atoms with van der Waals surface area (Å²) in [6.45, 7) is 3.48. The Labute approximate surface area is 155 Å². The zero-order chi connectivity index (χ0) is 18.1. The van der Waals surface area contributed by atoms with Gasteiger partial charge >= 0.3 is 0 Å². The smallest absolute Gasteiger partial charge is 0.248 e. The molecule has 3 fully saturated rings. The zero-order valence-corrected chi connectivity index (χ0v) is 15.5. The number of carbonyl (C=O) groups excluding carboxylic acids is 2. The lowest BCUT2D eigenvalue weighted by Crippen LogP contribution is -2.63. The number of likely N-dealkylation sites (tertiary alicyclic amines) is 1. The number of hydrogen-bond donors (Lipinski definition) is 1. The van der Waals surface area contributed by atoms with Crippen LogP contribution in [-0.4, -0.2) is 35.2 Å². The Kier molecular flexibility index (Phi) is 3.59. The number of benzene rings is 1. The van der Waals surface area contributed by atoms with Gasteiger partial charge in [0.1, 0.15) is 5.78 Å². The molecule has 1 heterocycles. The van der Waals surface area contributed by atoms with Crippen molar-refractivity contribution < 1.29 is 9.59 Å². The third kappa shape index (κ3) is 2.31. The van der Waals surface area contributed by atoms with E-state index in [1.54, 1.807) is 0 Å². The Morgan fingerprint density at radius 3 is 2.85 bits per heavy atom. The first-order chi connectivity index (χ1) is 12.5. The van der Waals surface area contributed by atoms with Crippen LogP contribution in [0.3, 0.4) is 0 Å². The minimum absolute atomic E-state index is 0.0706. The first kappa shape index (κ1) is 16.5. The van der Waals surface area contributed by atoms with E-state index < -0.39 is 0 Å². The van der Waals surface area contributed by atoms with E-state index in [1.807, 2.05) is 12.1 Å². The number of Topliss-reactive ketones (excluding diaryl/α,β-unsaturated/α-hetero) is 1. The Bertz CT molecular complexity index is 784. The van der Waals surface area contributed by atoms with Crippen molar-refractivity contribution in [2.24, 2.45) is 17.6 Å².